The number of imide groups is 1. The molecule has 296 valence electrons. The molecule has 2 N–H and O–H groups in total. The average Bonchev–Trinajstić information content (AvgIpc) is 3.53. The van der Waals surface area contributed by atoms with Crippen molar-refractivity contribution in [1.82, 2.24) is 15.1 Å². The standard InChI is InChI=1S/C45H53F2N5O4/c46-45(47)17-13-30(14-18-45)37-8-3-32-26-36(53)7-10-38(32)42(37)31-1-4-34(5-2-31)50-19-15-29(16-20-50)27-49-21-23-51(24-22-49)35-6-9-39-33(25-35)28-52(44(39)56)40-11-12-41(54)48-43(40)55/h1-2,4-7,9-10,25-26,29-30,37,40,42,53H,3,8,11-24,27-28H2,(H,48,54,55)/t37-,40-,42+/m1/s1. The Kier molecular flexibility index (Phi) is 10.0. The highest BCUT2D eigenvalue weighted by Crippen LogP contribution is 2.50. The Morgan fingerprint density at radius 1 is 0.732 bits per heavy atom. The first-order chi connectivity index (χ1) is 27.1. The number of aryl methyl sites for hydroxylation is 1. The summed E-state index contributed by atoms with van der Waals surface area (Å²) in [6, 6.07) is 20.2. The van der Waals surface area contributed by atoms with Crippen LogP contribution in [0, 0.1) is 17.8 Å². The third-order valence-corrected chi connectivity index (χ3v) is 14.0. The topological polar surface area (TPSA) is 96.4 Å². The highest BCUT2D eigenvalue weighted by Gasteiger charge is 2.43. The highest BCUT2D eigenvalue weighted by molar-refractivity contribution is 6.05. The fraction of sp³-hybridized carbons (Fsp3) is 0.533. The van der Waals surface area contributed by atoms with Crippen LogP contribution in [0.4, 0.5) is 20.2 Å². The summed E-state index contributed by atoms with van der Waals surface area (Å²) < 4.78 is 28.3. The van der Waals surface area contributed by atoms with Crippen molar-refractivity contribution < 1.29 is 28.3 Å². The molecule has 6 aliphatic rings. The van der Waals surface area contributed by atoms with Crippen molar-refractivity contribution in [2.24, 2.45) is 17.8 Å². The highest BCUT2D eigenvalue weighted by atomic mass is 19.3. The van der Waals surface area contributed by atoms with Crippen LogP contribution < -0.4 is 15.1 Å². The maximum atomic E-state index is 14.1. The van der Waals surface area contributed by atoms with E-state index in [0.29, 0.717) is 43.2 Å². The van der Waals surface area contributed by atoms with Crippen LogP contribution >= 0.6 is 0 Å². The number of halogens is 2. The van der Waals surface area contributed by atoms with Gasteiger partial charge in [0.1, 0.15) is 11.8 Å². The van der Waals surface area contributed by atoms with Gasteiger partial charge in [-0.05, 0) is 127 Å². The normalized spacial score (nSPS) is 26.3. The lowest BCUT2D eigenvalue weighted by molar-refractivity contribution is -0.136. The molecule has 9 nitrogen and oxygen atoms in total. The third kappa shape index (κ3) is 7.39. The van der Waals surface area contributed by atoms with Crippen LogP contribution in [0.25, 0.3) is 0 Å². The molecule has 3 saturated heterocycles. The van der Waals surface area contributed by atoms with Crippen molar-refractivity contribution in [1.29, 1.82) is 0 Å². The van der Waals surface area contributed by atoms with Crippen molar-refractivity contribution >= 4 is 29.1 Å². The number of amides is 3. The summed E-state index contributed by atoms with van der Waals surface area (Å²) in [4.78, 5) is 46.4. The molecule has 0 bridgehead atoms. The van der Waals surface area contributed by atoms with Gasteiger partial charge >= 0.3 is 0 Å². The van der Waals surface area contributed by atoms with Gasteiger partial charge in [0.05, 0.1) is 0 Å². The SMILES string of the molecule is O=C1CC[C@@H](N2Cc3cc(N4CCN(CC5CCN(c6ccc([C@@H]7c8ccc(O)cc8CC[C@@H]7C7CCC(F)(F)CC7)cc6)CC5)CC4)ccc3C2=O)C(=O)N1. The molecule has 0 aromatic heterocycles. The molecule has 4 heterocycles. The summed E-state index contributed by atoms with van der Waals surface area (Å²) >= 11 is 0. The zero-order valence-electron chi connectivity index (χ0n) is 32.1. The van der Waals surface area contributed by atoms with Gasteiger partial charge in [0.15, 0.2) is 0 Å². The maximum Gasteiger partial charge on any atom is 0.255 e. The van der Waals surface area contributed by atoms with Gasteiger partial charge in [-0.25, -0.2) is 8.78 Å². The van der Waals surface area contributed by atoms with Crippen molar-refractivity contribution in [2.75, 3.05) is 55.6 Å². The number of fused-ring (bicyclic) bond motifs is 2. The Hall–Kier alpha value is -4.51. The van der Waals surface area contributed by atoms with E-state index in [4.69, 9.17) is 0 Å². The van der Waals surface area contributed by atoms with E-state index in [0.717, 1.165) is 82.7 Å². The number of piperazine rings is 1. The molecule has 2 aliphatic carbocycles. The summed E-state index contributed by atoms with van der Waals surface area (Å²) in [5.41, 5.74) is 7.62. The number of carbonyl (C=O) groups is 3. The number of anilines is 2. The van der Waals surface area contributed by atoms with E-state index >= 15 is 0 Å². The number of hydrogen-bond acceptors (Lipinski definition) is 7. The van der Waals surface area contributed by atoms with Crippen LogP contribution in [0.1, 0.15) is 96.3 Å². The van der Waals surface area contributed by atoms with Crippen LogP contribution in [-0.4, -0.2) is 90.4 Å². The number of alkyl halides is 2. The Morgan fingerprint density at radius 3 is 2.18 bits per heavy atom. The number of benzene rings is 3. The first-order valence-corrected chi connectivity index (χ1v) is 20.9. The monoisotopic (exact) mass is 765 g/mol. The zero-order valence-corrected chi connectivity index (χ0v) is 32.1. The lowest BCUT2D eigenvalue weighted by atomic mass is 9.64. The summed E-state index contributed by atoms with van der Waals surface area (Å²) in [5.74, 6) is -1.62. The number of phenols is 1. The maximum absolute atomic E-state index is 14.1. The van der Waals surface area contributed by atoms with Crippen LogP contribution in [0.3, 0.4) is 0 Å². The second-order valence-corrected chi connectivity index (χ2v) is 17.3. The first kappa shape index (κ1) is 37.1. The number of hydrogen-bond donors (Lipinski definition) is 2. The molecule has 3 amide bonds. The lowest BCUT2D eigenvalue weighted by Crippen LogP contribution is -2.52. The number of rotatable bonds is 7. The second-order valence-electron chi connectivity index (χ2n) is 17.3. The minimum absolute atomic E-state index is 0.0102. The lowest BCUT2D eigenvalue weighted by Gasteiger charge is -2.42. The van der Waals surface area contributed by atoms with E-state index in [-0.39, 0.29) is 54.6 Å². The molecule has 0 radical (unpaired) electrons. The van der Waals surface area contributed by atoms with E-state index < -0.39 is 12.0 Å². The van der Waals surface area contributed by atoms with Crippen LogP contribution in [0.5, 0.6) is 5.75 Å². The third-order valence-electron chi connectivity index (χ3n) is 14.0. The largest absolute Gasteiger partial charge is 0.508 e. The molecule has 56 heavy (non-hydrogen) atoms. The predicted octanol–water partition coefficient (Wildman–Crippen LogP) is 6.71. The summed E-state index contributed by atoms with van der Waals surface area (Å²) in [7, 11) is 0. The molecule has 1 saturated carbocycles. The van der Waals surface area contributed by atoms with E-state index in [9.17, 15) is 28.3 Å². The molecule has 3 atom stereocenters. The summed E-state index contributed by atoms with van der Waals surface area (Å²) in [6.45, 7) is 7.39. The van der Waals surface area contributed by atoms with Crippen molar-refractivity contribution in [3.8, 4) is 5.75 Å². The molecular formula is C45H53F2N5O4. The summed E-state index contributed by atoms with van der Waals surface area (Å²) in [5, 5.41) is 12.6. The molecule has 3 aromatic rings. The number of nitrogens with zero attached hydrogens (tertiary/aromatic N) is 4. The first-order valence-electron chi connectivity index (χ1n) is 20.9. The number of piperidine rings is 2. The quantitative estimate of drug-likeness (QED) is 0.258. The van der Waals surface area contributed by atoms with Crippen molar-refractivity contribution in [3.05, 3.63) is 88.5 Å². The molecule has 0 unspecified atom stereocenters. The van der Waals surface area contributed by atoms with Gasteiger partial charge in [-0.15, -0.1) is 0 Å². The van der Waals surface area contributed by atoms with E-state index in [1.165, 1.54) is 22.4 Å². The fourth-order valence-electron chi connectivity index (χ4n) is 10.8. The van der Waals surface area contributed by atoms with Crippen LogP contribution in [0.2, 0.25) is 0 Å². The summed E-state index contributed by atoms with van der Waals surface area (Å²) in [6.07, 6.45) is 5.91. The number of carbonyl (C=O) groups excluding carboxylic acids is 3. The van der Waals surface area contributed by atoms with E-state index in [1.54, 1.807) is 11.0 Å². The smallest absolute Gasteiger partial charge is 0.255 e. The second kappa shape index (κ2) is 15.1. The molecular weight excluding hydrogens is 713 g/mol. The Labute approximate surface area is 328 Å². The minimum atomic E-state index is -2.53. The van der Waals surface area contributed by atoms with E-state index in [2.05, 4.69) is 56.4 Å². The number of phenolic OH excluding ortho intramolecular Hbond substituents is 1. The van der Waals surface area contributed by atoms with Crippen LogP contribution in [0.15, 0.2) is 60.7 Å². The molecule has 9 rings (SSSR count). The average molecular weight is 766 g/mol. The minimum Gasteiger partial charge on any atom is -0.508 e. The van der Waals surface area contributed by atoms with Gasteiger partial charge in [-0.3, -0.25) is 24.6 Å². The Bertz CT molecular complexity index is 1960. The van der Waals surface area contributed by atoms with E-state index in [1.807, 2.05) is 18.2 Å². The van der Waals surface area contributed by atoms with Crippen molar-refractivity contribution in [3.63, 3.8) is 0 Å². The predicted molar refractivity (Wildman–Crippen MR) is 211 cm³/mol. The number of aromatic hydroxyl groups is 1. The van der Waals surface area contributed by atoms with Gasteiger partial charge in [0.2, 0.25) is 17.7 Å². The van der Waals surface area contributed by atoms with Crippen LogP contribution in [-0.2, 0) is 22.6 Å². The molecule has 4 fully saturated rings. The van der Waals surface area contributed by atoms with Gasteiger partial charge in [0, 0.05) is 94.5 Å². The Morgan fingerprint density at radius 2 is 1.45 bits per heavy atom. The fourth-order valence-corrected chi connectivity index (χ4v) is 10.8. The van der Waals surface area contributed by atoms with Gasteiger partial charge in [-0.2, -0.15) is 0 Å². The molecule has 3 aromatic carbocycles. The van der Waals surface area contributed by atoms with Crippen molar-refractivity contribution in [2.45, 2.75) is 88.6 Å². The van der Waals surface area contributed by atoms with Gasteiger partial charge in [-0.1, -0.05) is 18.2 Å². The molecule has 4 aliphatic heterocycles. The zero-order chi connectivity index (χ0) is 38.6. The van der Waals surface area contributed by atoms with Gasteiger partial charge in [0.25, 0.3) is 5.91 Å². The number of nitrogens with one attached hydrogen (secondary N) is 1. The molecule has 0 spiro atoms. The molecule has 11 heteroatoms. The Balaban J connectivity index is 0.776. The van der Waals surface area contributed by atoms with Gasteiger partial charge < -0.3 is 19.8 Å².